The maximum absolute atomic E-state index is 14.5. The van der Waals surface area contributed by atoms with Crippen molar-refractivity contribution >= 4 is 29.3 Å². The van der Waals surface area contributed by atoms with Gasteiger partial charge in [0.05, 0.1) is 23.5 Å². The number of aryl methyl sites for hydroxylation is 1. The summed E-state index contributed by atoms with van der Waals surface area (Å²) in [5, 5.41) is 20.4. The summed E-state index contributed by atoms with van der Waals surface area (Å²) in [5.41, 5.74) is 4.17. The minimum Gasteiger partial charge on any atom is -0.322 e. The highest BCUT2D eigenvalue weighted by molar-refractivity contribution is 5.99. The molecule has 0 spiro atoms. The first-order chi connectivity index (χ1) is 15.0. The Balaban J connectivity index is 1.76. The molecule has 152 valence electrons. The molecule has 4 rings (SSSR count). The lowest BCUT2D eigenvalue weighted by Crippen LogP contribution is -2.07. The van der Waals surface area contributed by atoms with Gasteiger partial charge in [-0.05, 0) is 30.3 Å². The predicted molar refractivity (Wildman–Crippen MR) is 116 cm³/mol. The molecule has 0 aliphatic carbocycles. The van der Waals surface area contributed by atoms with Crippen LogP contribution < -0.4 is 5.32 Å². The third kappa shape index (κ3) is 3.97. The molecule has 1 amide bonds. The second-order valence-electron chi connectivity index (χ2n) is 6.81. The molecule has 0 saturated carbocycles. The minimum absolute atomic E-state index is 0.333. The number of benzene rings is 1. The molecular weight excluding hydrogens is 395 g/mol. The molecule has 3 heterocycles. The van der Waals surface area contributed by atoms with Crippen molar-refractivity contribution in [2.75, 3.05) is 5.32 Å². The number of nitrogens with zero attached hydrogens (tertiary/aromatic N) is 5. The standard InChI is InChI=1S/C23H17FN6O/c1-3-22(31)28-20-7-6-15(21(24)9-20)4-5-16-8-17(19-12-26-29(2)13-19)14-30-23(16)18(10-25)11-27-30/h3-9,11-14H,1H2,2H3,(H,28,31)/b5-4+. The smallest absolute Gasteiger partial charge is 0.247 e. The molecule has 0 saturated heterocycles. The quantitative estimate of drug-likeness (QED) is 0.501. The lowest BCUT2D eigenvalue weighted by molar-refractivity contribution is -0.111. The van der Waals surface area contributed by atoms with E-state index < -0.39 is 11.7 Å². The molecule has 4 aromatic rings. The number of halogens is 1. The number of hydrogen-bond acceptors (Lipinski definition) is 4. The normalized spacial score (nSPS) is 11.0. The number of amides is 1. The summed E-state index contributed by atoms with van der Waals surface area (Å²) in [7, 11) is 1.83. The van der Waals surface area contributed by atoms with E-state index in [2.05, 4.69) is 28.2 Å². The van der Waals surface area contributed by atoms with Crippen LogP contribution in [0.2, 0.25) is 0 Å². The number of hydrogen-bond donors (Lipinski definition) is 1. The molecule has 0 fully saturated rings. The van der Waals surface area contributed by atoms with E-state index in [1.807, 2.05) is 25.5 Å². The predicted octanol–water partition coefficient (Wildman–Crippen LogP) is 4.04. The molecule has 0 radical (unpaired) electrons. The van der Waals surface area contributed by atoms with Crippen molar-refractivity contribution in [1.82, 2.24) is 19.4 Å². The van der Waals surface area contributed by atoms with Gasteiger partial charge in [0.2, 0.25) is 5.91 Å². The summed E-state index contributed by atoms with van der Waals surface area (Å²) in [4.78, 5) is 11.4. The Kier molecular flexibility index (Phi) is 5.16. The zero-order chi connectivity index (χ0) is 22.0. The molecule has 0 aliphatic heterocycles. The molecule has 31 heavy (non-hydrogen) atoms. The van der Waals surface area contributed by atoms with Crippen LogP contribution in [0.4, 0.5) is 10.1 Å². The van der Waals surface area contributed by atoms with Crippen molar-refractivity contribution < 1.29 is 9.18 Å². The molecule has 8 heteroatoms. The van der Waals surface area contributed by atoms with Gasteiger partial charge in [-0.1, -0.05) is 18.7 Å². The number of nitriles is 1. The maximum Gasteiger partial charge on any atom is 0.247 e. The van der Waals surface area contributed by atoms with Gasteiger partial charge >= 0.3 is 0 Å². The van der Waals surface area contributed by atoms with E-state index in [1.54, 1.807) is 39.7 Å². The summed E-state index contributed by atoms with van der Waals surface area (Å²) in [6, 6.07) is 8.45. The minimum atomic E-state index is -0.494. The summed E-state index contributed by atoms with van der Waals surface area (Å²) in [5.74, 6) is -0.909. The highest BCUT2D eigenvalue weighted by Crippen LogP contribution is 2.26. The van der Waals surface area contributed by atoms with Crippen LogP contribution in [0.1, 0.15) is 16.7 Å². The monoisotopic (exact) mass is 412 g/mol. The number of anilines is 1. The number of aromatic nitrogens is 4. The van der Waals surface area contributed by atoms with Crippen LogP contribution in [-0.4, -0.2) is 25.3 Å². The van der Waals surface area contributed by atoms with Crippen molar-refractivity contribution in [3.8, 4) is 17.2 Å². The van der Waals surface area contributed by atoms with E-state index >= 15 is 0 Å². The van der Waals surface area contributed by atoms with Gasteiger partial charge in [-0.25, -0.2) is 8.91 Å². The number of carbonyl (C=O) groups is 1. The Morgan fingerprint density at radius 2 is 1.97 bits per heavy atom. The Morgan fingerprint density at radius 3 is 2.65 bits per heavy atom. The van der Waals surface area contributed by atoms with E-state index in [4.69, 9.17) is 0 Å². The van der Waals surface area contributed by atoms with Crippen LogP contribution in [0.15, 0.2) is 61.7 Å². The van der Waals surface area contributed by atoms with Gasteiger partial charge in [0.25, 0.3) is 0 Å². The molecule has 1 aromatic carbocycles. The van der Waals surface area contributed by atoms with Gasteiger partial charge < -0.3 is 5.32 Å². The first-order valence-corrected chi connectivity index (χ1v) is 9.30. The van der Waals surface area contributed by atoms with Crippen LogP contribution >= 0.6 is 0 Å². The largest absolute Gasteiger partial charge is 0.322 e. The number of pyridine rings is 1. The summed E-state index contributed by atoms with van der Waals surface area (Å²) < 4.78 is 17.9. The van der Waals surface area contributed by atoms with E-state index in [1.165, 1.54) is 12.3 Å². The van der Waals surface area contributed by atoms with Gasteiger partial charge in [0.1, 0.15) is 11.9 Å². The van der Waals surface area contributed by atoms with Gasteiger partial charge in [-0.15, -0.1) is 0 Å². The topological polar surface area (TPSA) is 88.0 Å². The Hall–Kier alpha value is -4.51. The molecule has 1 N–H and O–H groups in total. The molecule has 0 bridgehead atoms. The second-order valence-corrected chi connectivity index (χ2v) is 6.81. The lowest BCUT2D eigenvalue weighted by atomic mass is 10.0. The third-order valence-electron chi connectivity index (χ3n) is 4.70. The second kappa shape index (κ2) is 8.08. The van der Waals surface area contributed by atoms with Crippen LogP contribution in [0.25, 0.3) is 28.8 Å². The van der Waals surface area contributed by atoms with Crippen LogP contribution in [0.5, 0.6) is 0 Å². The Bertz CT molecular complexity index is 1390. The molecule has 7 nitrogen and oxygen atoms in total. The average molecular weight is 412 g/mol. The highest BCUT2D eigenvalue weighted by Gasteiger charge is 2.12. The van der Waals surface area contributed by atoms with Gasteiger partial charge in [-0.3, -0.25) is 9.48 Å². The zero-order valence-corrected chi connectivity index (χ0v) is 16.6. The fourth-order valence-corrected chi connectivity index (χ4v) is 3.20. The van der Waals surface area contributed by atoms with Crippen LogP contribution in [0.3, 0.4) is 0 Å². The summed E-state index contributed by atoms with van der Waals surface area (Å²) in [6.45, 7) is 3.37. The molecule has 0 unspecified atom stereocenters. The first-order valence-electron chi connectivity index (χ1n) is 9.30. The number of fused-ring (bicyclic) bond motifs is 1. The zero-order valence-electron chi connectivity index (χ0n) is 16.6. The number of rotatable bonds is 5. The number of nitrogens with one attached hydrogen (secondary N) is 1. The third-order valence-corrected chi connectivity index (χ3v) is 4.70. The van der Waals surface area contributed by atoms with Crippen molar-refractivity contribution in [2.45, 2.75) is 0 Å². The molecule has 3 aromatic heterocycles. The van der Waals surface area contributed by atoms with Crippen LogP contribution in [0, 0.1) is 17.1 Å². The Morgan fingerprint density at radius 1 is 1.16 bits per heavy atom. The van der Waals surface area contributed by atoms with Crippen molar-refractivity contribution in [1.29, 1.82) is 5.26 Å². The lowest BCUT2D eigenvalue weighted by Gasteiger charge is -2.06. The fraction of sp³-hybridized carbons (Fsp3) is 0.0435. The van der Waals surface area contributed by atoms with E-state index in [-0.39, 0.29) is 0 Å². The van der Waals surface area contributed by atoms with E-state index in [9.17, 15) is 14.4 Å². The van der Waals surface area contributed by atoms with E-state index in [0.717, 1.165) is 17.2 Å². The van der Waals surface area contributed by atoms with Gasteiger partial charge in [0.15, 0.2) is 0 Å². The maximum atomic E-state index is 14.5. The van der Waals surface area contributed by atoms with Gasteiger partial charge in [0, 0.05) is 47.4 Å². The molecule has 0 aliphatic rings. The molecular formula is C23H17FN6O. The van der Waals surface area contributed by atoms with E-state index in [0.29, 0.717) is 27.9 Å². The van der Waals surface area contributed by atoms with Crippen LogP contribution in [-0.2, 0) is 11.8 Å². The van der Waals surface area contributed by atoms with Crippen molar-refractivity contribution in [2.24, 2.45) is 7.05 Å². The highest BCUT2D eigenvalue weighted by atomic mass is 19.1. The number of carbonyl (C=O) groups excluding carboxylic acids is 1. The SMILES string of the molecule is C=CC(=O)Nc1ccc(/C=C/c2cc(-c3cnn(C)c3)cn3ncc(C#N)c23)c(F)c1. The average Bonchev–Trinajstić information content (AvgIpc) is 3.38. The Labute approximate surface area is 177 Å². The van der Waals surface area contributed by atoms with Gasteiger partial charge in [-0.2, -0.15) is 15.5 Å². The molecule has 0 atom stereocenters. The van der Waals surface area contributed by atoms with Crippen molar-refractivity contribution in [3.05, 3.63) is 84.2 Å². The summed E-state index contributed by atoms with van der Waals surface area (Å²) >= 11 is 0. The van der Waals surface area contributed by atoms with Crippen molar-refractivity contribution in [3.63, 3.8) is 0 Å². The fourth-order valence-electron chi connectivity index (χ4n) is 3.20. The first kappa shape index (κ1) is 19.8. The summed E-state index contributed by atoms with van der Waals surface area (Å²) in [6.07, 6.45) is 11.4.